The molecule has 16 heavy (non-hydrogen) atoms. The van der Waals surface area contributed by atoms with Gasteiger partial charge in [0, 0.05) is 6.54 Å². The maximum atomic E-state index is 8.59. The first kappa shape index (κ1) is 10.6. The smallest absolute Gasteiger partial charge is 0.158 e. The zero-order chi connectivity index (χ0) is 11.4. The van der Waals surface area contributed by atoms with Crippen LogP contribution in [-0.4, -0.2) is 30.7 Å². The molecular weight excluding hydrogens is 206 g/mol. The van der Waals surface area contributed by atoms with Crippen molar-refractivity contribution < 1.29 is 9.94 Å². The highest BCUT2D eigenvalue weighted by Gasteiger charge is 2.16. The van der Waals surface area contributed by atoms with Crippen molar-refractivity contribution in [3.05, 3.63) is 24.3 Å². The summed E-state index contributed by atoms with van der Waals surface area (Å²) in [6.45, 7) is 1.95. The Morgan fingerprint density at radius 1 is 1.50 bits per heavy atom. The van der Waals surface area contributed by atoms with Crippen LogP contribution in [0.25, 0.3) is 0 Å². The summed E-state index contributed by atoms with van der Waals surface area (Å²) in [5, 5.41) is 11.6. The van der Waals surface area contributed by atoms with Gasteiger partial charge in [-0.1, -0.05) is 17.3 Å². The van der Waals surface area contributed by atoms with Crippen LogP contribution in [-0.2, 0) is 0 Å². The van der Waals surface area contributed by atoms with Gasteiger partial charge in [-0.3, -0.25) is 0 Å². The molecule has 1 heterocycles. The predicted octanol–water partition coefficient (Wildman–Crippen LogP) is 1.02. The molecule has 0 spiro atoms. The van der Waals surface area contributed by atoms with E-state index < -0.39 is 0 Å². The van der Waals surface area contributed by atoms with Crippen molar-refractivity contribution >= 4 is 11.5 Å². The molecule has 0 radical (unpaired) electrons. The zero-order valence-corrected chi connectivity index (χ0v) is 8.97. The summed E-state index contributed by atoms with van der Waals surface area (Å²) in [4.78, 5) is 2.05. The van der Waals surface area contributed by atoms with Crippen molar-refractivity contribution in [3.63, 3.8) is 0 Å². The summed E-state index contributed by atoms with van der Waals surface area (Å²) in [6.07, 6.45) is 0.924. The third-order valence-corrected chi connectivity index (χ3v) is 2.52. The molecule has 3 N–H and O–H groups in total. The largest absolute Gasteiger partial charge is 0.491 e. The molecule has 0 atom stereocenters. The summed E-state index contributed by atoms with van der Waals surface area (Å²) in [6, 6.07) is 7.80. The number of para-hydroxylation sites is 2. The maximum Gasteiger partial charge on any atom is 0.158 e. The van der Waals surface area contributed by atoms with Gasteiger partial charge in [0.2, 0.25) is 0 Å². The fourth-order valence-electron chi connectivity index (χ4n) is 1.79. The van der Waals surface area contributed by atoms with Crippen molar-refractivity contribution in [2.24, 2.45) is 10.9 Å². The topological polar surface area (TPSA) is 71.1 Å². The second kappa shape index (κ2) is 4.74. The minimum atomic E-state index is 0.205. The number of hydrogen-bond acceptors (Lipinski definition) is 4. The van der Waals surface area contributed by atoms with Crippen LogP contribution < -0.4 is 15.4 Å². The second-order valence-electron chi connectivity index (χ2n) is 3.68. The molecule has 5 heteroatoms. The van der Waals surface area contributed by atoms with Gasteiger partial charge in [0.25, 0.3) is 0 Å². The number of hydrogen-bond donors (Lipinski definition) is 2. The van der Waals surface area contributed by atoms with E-state index in [0.717, 1.165) is 24.4 Å². The number of benzene rings is 1. The lowest BCUT2D eigenvalue weighted by atomic mass is 10.2. The van der Waals surface area contributed by atoms with Gasteiger partial charge >= 0.3 is 0 Å². The molecule has 0 saturated carbocycles. The third-order valence-electron chi connectivity index (χ3n) is 2.52. The first-order chi connectivity index (χ1) is 7.81. The summed E-state index contributed by atoms with van der Waals surface area (Å²) >= 11 is 0. The van der Waals surface area contributed by atoms with Crippen LogP contribution in [0, 0.1) is 0 Å². The van der Waals surface area contributed by atoms with E-state index in [4.69, 9.17) is 15.7 Å². The van der Waals surface area contributed by atoms with E-state index in [1.54, 1.807) is 0 Å². The van der Waals surface area contributed by atoms with Gasteiger partial charge < -0.3 is 20.6 Å². The highest BCUT2D eigenvalue weighted by molar-refractivity contribution is 5.85. The summed E-state index contributed by atoms with van der Waals surface area (Å²) in [5.74, 6) is 1.06. The number of nitrogens with two attached hydrogens (primary N) is 1. The molecule has 2 rings (SSSR count). The first-order valence-corrected chi connectivity index (χ1v) is 5.24. The van der Waals surface area contributed by atoms with Crippen molar-refractivity contribution in [1.29, 1.82) is 0 Å². The predicted molar refractivity (Wildman–Crippen MR) is 62.2 cm³/mol. The molecule has 1 aliphatic rings. The van der Waals surface area contributed by atoms with Crippen molar-refractivity contribution in [3.8, 4) is 5.75 Å². The monoisotopic (exact) mass is 221 g/mol. The number of anilines is 1. The van der Waals surface area contributed by atoms with Gasteiger partial charge in [-0.15, -0.1) is 0 Å². The molecular formula is C11H15N3O2. The maximum absolute atomic E-state index is 8.59. The average molecular weight is 221 g/mol. The molecule has 0 fully saturated rings. The number of rotatable bonds is 2. The quantitative estimate of drug-likeness (QED) is 0.338. The fourth-order valence-corrected chi connectivity index (χ4v) is 1.79. The lowest BCUT2D eigenvalue weighted by Crippen LogP contribution is -2.34. The van der Waals surface area contributed by atoms with E-state index in [1.165, 1.54) is 0 Å². The Labute approximate surface area is 94.1 Å². The Bertz CT molecular complexity index is 393. The molecule has 1 aromatic rings. The van der Waals surface area contributed by atoms with Crippen LogP contribution in [0.15, 0.2) is 29.4 Å². The molecule has 1 aromatic carbocycles. The van der Waals surface area contributed by atoms with Gasteiger partial charge in [0.05, 0.1) is 18.8 Å². The molecule has 5 nitrogen and oxygen atoms in total. The Kier molecular flexibility index (Phi) is 3.14. The van der Waals surface area contributed by atoms with Gasteiger partial charge in [0.1, 0.15) is 5.75 Å². The molecule has 0 aliphatic carbocycles. The van der Waals surface area contributed by atoms with Gasteiger partial charge in [-0.05, 0) is 18.6 Å². The molecule has 0 bridgehead atoms. The molecule has 0 saturated heterocycles. The van der Waals surface area contributed by atoms with E-state index in [0.29, 0.717) is 13.2 Å². The van der Waals surface area contributed by atoms with Crippen molar-refractivity contribution in [2.45, 2.75) is 6.42 Å². The molecule has 1 aliphatic heterocycles. The number of amidine groups is 1. The first-order valence-electron chi connectivity index (χ1n) is 5.24. The van der Waals surface area contributed by atoms with Crippen LogP contribution >= 0.6 is 0 Å². The van der Waals surface area contributed by atoms with E-state index in [2.05, 4.69) is 10.1 Å². The third kappa shape index (κ3) is 2.18. The van der Waals surface area contributed by atoms with Crippen LogP contribution in [0.3, 0.4) is 0 Å². The van der Waals surface area contributed by atoms with Gasteiger partial charge in [0.15, 0.2) is 5.84 Å². The Morgan fingerprint density at radius 3 is 3.12 bits per heavy atom. The molecule has 86 valence electrons. The molecule has 0 aromatic heterocycles. The lowest BCUT2D eigenvalue weighted by Gasteiger charge is -2.22. The zero-order valence-electron chi connectivity index (χ0n) is 8.97. The highest BCUT2D eigenvalue weighted by atomic mass is 16.5. The second-order valence-corrected chi connectivity index (χ2v) is 3.68. The Morgan fingerprint density at radius 2 is 2.31 bits per heavy atom. The minimum absolute atomic E-state index is 0.205. The SMILES string of the molecule is N/C(CN1CCCOc2ccccc21)=N/O. The molecule has 0 unspecified atom stereocenters. The van der Waals surface area contributed by atoms with Gasteiger partial charge in [-0.25, -0.2) is 0 Å². The summed E-state index contributed by atoms with van der Waals surface area (Å²) in [5.41, 5.74) is 6.52. The summed E-state index contributed by atoms with van der Waals surface area (Å²) in [7, 11) is 0. The number of nitrogens with zero attached hydrogens (tertiary/aromatic N) is 2. The number of ether oxygens (including phenoxy) is 1. The van der Waals surface area contributed by atoms with E-state index >= 15 is 0 Å². The Hall–Kier alpha value is -1.91. The van der Waals surface area contributed by atoms with E-state index in [-0.39, 0.29) is 5.84 Å². The molecule has 0 amide bonds. The van der Waals surface area contributed by atoms with Crippen LogP contribution in [0.2, 0.25) is 0 Å². The van der Waals surface area contributed by atoms with Gasteiger partial charge in [-0.2, -0.15) is 0 Å². The standard InChI is InChI=1S/C11H15N3O2/c12-11(13-15)8-14-6-3-7-16-10-5-2-1-4-9(10)14/h1-2,4-5,15H,3,6-8H2,(H2,12,13). The number of fused-ring (bicyclic) bond motifs is 1. The average Bonchev–Trinajstić information content (AvgIpc) is 2.52. The summed E-state index contributed by atoms with van der Waals surface area (Å²) < 4.78 is 5.61. The number of oxime groups is 1. The normalized spacial score (nSPS) is 16.2. The minimum Gasteiger partial charge on any atom is -0.491 e. The Balaban J connectivity index is 2.25. The lowest BCUT2D eigenvalue weighted by molar-refractivity contribution is 0.317. The van der Waals surface area contributed by atoms with Crippen molar-refractivity contribution in [1.82, 2.24) is 0 Å². The van der Waals surface area contributed by atoms with Crippen LogP contribution in [0.5, 0.6) is 5.75 Å². The van der Waals surface area contributed by atoms with E-state index in [9.17, 15) is 0 Å². The van der Waals surface area contributed by atoms with Crippen LogP contribution in [0.4, 0.5) is 5.69 Å². The van der Waals surface area contributed by atoms with Crippen molar-refractivity contribution in [2.75, 3.05) is 24.6 Å². The fraction of sp³-hybridized carbons (Fsp3) is 0.364. The van der Waals surface area contributed by atoms with E-state index in [1.807, 2.05) is 24.3 Å². The highest BCUT2D eigenvalue weighted by Crippen LogP contribution is 2.29. The van der Waals surface area contributed by atoms with Crippen LogP contribution in [0.1, 0.15) is 6.42 Å².